The summed E-state index contributed by atoms with van der Waals surface area (Å²) in [6, 6.07) is 18.2. The van der Waals surface area contributed by atoms with Crippen LogP contribution in [0.4, 0.5) is 0 Å². The van der Waals surface area contributed by atoms with Gasteiger partial charge in [-0.05, 0) is 48.7 Å². The Hall–Kier alpha value is -3.12. The number of hydrogen-bond acceptors (Lipinski definition) is 4. The van der Waals surface area contributed by atoms with Gasteiger partial charge in [-0.3, -0.25) is 9.59 Å². The number of hydrogen-bond donors (Lipinski definition) is 1. The Kier molecular flexibility index (Phi) is 7.63. The Morgan fingerprint density at radius 3 is 2.50 bits per heavy atom. The van der Waals surface area contributed by atoms with E-state index in [0.717, 1.165) is 23.3 Å². The number of aromatic nitrogens is 2. The quantitative estimate of drug-likeness (QED) is 0.567. The summed E-state index contributed by atoms with van der Waals surface area (Å²) in [5.41, 5.74) is 2.51. The van der Waals surface area contributed by atoms with Crippen LogP contribution < -0.4 is 15.6 Å². The molecule has 156 valence electrons. The van der Waals surface area contributed by atoms with Crippen molar-refractivity contribution in [2.24, 2.45) is 0 Å². The lowest BCUT2D eigenvalue weighted by Gasteiger charge is -2.08. The van der Waals surface area contributed by atoms with E-state index in [2.05, 4.69) is 10.4 Å². The molecule has 1 aromatic heterocycles. The van der Waals surface area contributed by atoms with E-state index in [9.17, 15) is 9.59 Å². The van der Waals surface area contributed by atoms with Crippen LogP contribution in [-0.2, 0) is 17.8 Å². The molecule has 7 heteroatoms. The zero-order valence-corrected chi connectivity index (χ0v) is 17.6. The van der Waals surface area contributed by atoms with Crippen molar-refractivity contribution in [2.75, 3.05) is 13.7 Å². The van der Waals surface area contributed by atoms with Gasteiger partial charge in [-0.15, -0.1) is 0 Å². The highest BCUT2D eigenvalue weighted by atomic mass is 35.5. The maximum atomic E-state index is 12.1. The lowest BCUT2D eigenvalue weighted by molar-refractivity contribution is -0.121. The van der Waals surface area contributed by atoms with Crippen LogP contribution in [0, 0.1) is 0 Å². The first-order chi connectivity index (χ1) is 14.5. The van der Waals surface area contributed by atoms with Crippen molar-refractivity contribution in [2.45, 2.75) is 25.8 Å². The number of rotatable bonds is 9. The number of carbonyl (C=O) groups excluding carboxylic acids is 1. The molecule has 0 fully saturated rings. The van der Waals surface area contributed by atoms with Gasteiger partial charge < -0.3 is 10.1 Å². The highest BCUT2D eigenvalue weighted by Gasteiger charge is 2.06. The van der Waals surface area contributed by atoms with Gasteiger partial charge in [0.05, 0.1) is 12.8 Å². The molecule has 0 spiro atoms. The predicted octanol–water partition coefficient (Wildman–Crippen LogP) is 3.71. The maximum absolute atomic E-state index is 12.1. The Bertz CT molecular complexity index is 1030. The van der Waals surface area contributed by atoms with Gasteiger partial charge in [-0.1, -0.05) is 35.9 Å². The van der Waals surface area contributed by atoms with Gasteiger partial charge in [-0.25, -0.2) is 4.68 Å². The van der Waals surface area contributed by atoms with E-state index in [0.29, 0.717) is 36.6 Å². The fourth-order valence-electron chi connectivity index (χ4n) is 3.00. The summed E-state index contributed by atoms with van der Waals surface area (Å²) >= 11 is 5.92. The minimum absolute atomic E-state index is 0.0367. The SMILES string of the molecule is COc1ccc(CCNC(=O)CCCn2nc(-c3ccc(Cl)cc3)ccc2=O)cc1. The van der Waals surface area contributed by atoms with E-state index < -0.39 is 0 Å². The second-order valence-corrected chi connectivity index (χ2v) is 7.27. The second-order valence-electron chi connectivity index (χ2n) is 6.84. The summed E-state index contributed by atoms with van der Waals surface area (Å²) in [5, 5.41) is 7.96. The number of amides is 1. The van der Waals surface area contributed by atoms with E-state index in [4.69, 9.17) is 16.3 Å². The molecule has 0 saturated heterocycles. The van der Waals surface area contributed by atoms with Gasteiger partial charge in [0.1, 0.15) is 5.75 Å². The molecule has 30 heavy (non-hydrogen) atoms. The van der Waals surface area contributed by atoms with Crippen molar-refractivity contribution in [1.29, 1.82) is 0 Å². The third kappa shape index (κ3) is 6.19. The Labute approximate surface area is 180 Å². The average molecular weight is 426 g/mol. The normalized spacial score (nSPS) is 10.6. The number of methoxy groups -OCH3 is 1. The lowest BCUT2D eigenvalue weighted by atomic mass is 10.1. The molecule has 3 rings (SSSR count). The smallest absolute Gasteiger partial charge is 0.266 e. The molecule has 0 unspecified atom stereocenters. The fraction of sp³-hybridized carbons (Fsp3) is 0.261. The second kappa shape index (κ2) is 10.6. The molecule has 0 aliphatic rings. The van der Waals surface area contributed by atoms with E-state index in [-0.39, 0.29) is 11.5 Å². The van der Waals surface area contributed by atoms with E-state index in [1.54, 1.807) is 25.3 Å². The average Bonchev–Trinajstić information content (AvgIpc) is 2.76. The number of benzene rings is 2. The van der Waals surface area contributed by atoms with Gasteiger partial charge in [0.2, 0.25) is 5.91 Å². The van der Waals surface area contributed by atoms with Gasteiger partial charge in [0.15, 0.2) is 0 Å². The van der Waals surface area contributed by atoms with Crippen LogP contribution in [0.15, 0.2) is 65.5 Å². The third-order valence-corrected chi connectivity index (χ3v) is 4.93. The molecule has 3 aromatic rings. The van der Waals surface area contributed by atoms with Crippen molar-refractivity contribution in [3.05, 3.63) is 81.6 Å². The molecule has 1 heterocycles. The Morgan fingerprint density at radius 1 is 1.07 bits per heavy atom. The van der Waals surface area contributed by atoms with Gasteiger partial charge in [0.25, 0.3) is 5.56 Å². The molecule has 1 amide bonds. The molecular formula is C23H24ClN3O3. The Morgan fingerprint density at radius 2 is 1.80 bits per heavy atom. The van der Waals surface area contributed by atoms with Gasteiger partial charge in [-0.2, -0.15) is 5.10 Å². The summed E-state index contributed by atoms with van der Waals surface area (Å²) in [6.07, 6.45) is 1.62. The van der Waals surface area contributed by atoms with Crippen LogP contribution in [0.1, 0.15) is 18.4 Å². The maximum Gasteiger partial charge on any atom is 0.266 e. The van der Waals surface area contributed by atoms with Crippen molar-refractivity contribution in [3.8, 4) is 17.0 Å². The van der Waals surface area contributed by atoms with Crippen LogP contribution in [0.5, 0.6) is 5.75 Å². The molecule has 0 bridgehead atoms. The summed E-state index contributed by atoms with van der Waals surface area (Å²) in [6.45, 7) is 0.946. The molecule has 6 nitrogen and oxygen atoms in total. The zero-order chi connectivity index (χ0) is 21.3. The predicted molar refractivity (Wildman–Crippen MR) is 118 cm³/mol. The number of halogens is 1. The minimum Gasteiger partial charge on any atom is -0.497 e. The zero-order valence-electron chi connectivity index (χ0n) is 16.8. The van der Waals surface area contributed by atoms with Crippen LogP contribution >= 0.6 is 11.6 Å². The molecule has 2 aromatic carbocycles. The molecular weight excluding hydrogens is 402 g/mol. The highest BCUT2D eigenvalue weighted by Crippen LogP contribution is 2.18. The lowest BCUT2D eigenvalue weighted by Crippen LogP contribution is -2.27. The largest absolute Gasteiger partial charge is 0.497 e. The summed E-state index contributed by atoms with van der Waals surface area (Å²) < 4.78 is 6.53. The Balaban J connectivity index is 1.46. The third-order valence-electron chi connectivity index (χ3n) is 4.68. The standard InChI is InChI=1S/C23H24ClN3O3/c1-30-20-10-4-17(5-11-20)14-15-25-22(28)3-2-16-27-23(29)13-12-21(26-27)18-6-8-19(24)9-7-18/h4-13H,2-3,14-16H2,1H3,(H,25,28). The van der Waals surface area contributed by atoms with Crippen LogP contribution in [0.2, 0.25) is 5.02 Å². The molecule has 0 aliphatic carbocycles. The molecule has 0 saturated carbocycles. The minimum atomic E-state index is -0.187. The molecule has 0 radical (unpaired) electrons. The molecule has 0 atom stereocenters. The first-order valence-electron chi connectivity index (χ1n) is 9.79. The molecule has 1 N–H and O–H groups in total. The van der Waals surface area contributed by atoms with Crippen LogP contribution in [0.25, 0.3) is 11.3 Å². The van der Waals surface area contributed by atoms with Crippen molar-refractivity contribution in [1.82, 2.24) is 15.1 Å². The summed E-state index contributed by atoms with van der Waals surface area (Å²) in [7, 11) is 1.63. The van der Waals surface area contributed by atoms with Crippen LogP contribution in [0.3, 0.4) is 0 Å². The highest BCUT2D eigenvalue weighted by molar-refractivity contribution is 6.30. The monoisotopic (exact) mass is 425 g/mol. The number of carbonyl (C=O) groups is 1. The first-order valence-corrected chi connectivity index (χ1v) is 10.2. The number of nitrogens with one attached hydrogen (secondary N) is 1. The van der Waals surface area contributed by atoms with E-state index >= 15 is 0 Å². The number of ether oxygens (including phenoxy) is 1. The number of nitrogens with zero attached hydrogens (tertiary/aromatic N) is 2. The van der Waals surface area contributed by atoms with Crippen molar-refractivity contribution in [3.63, 3.8) is 0 Å². The van der Waals surface area contributed by atoms with E-state index in [1.165, 1.54) is 10.7 Å². The fourth-order valence-corrected chi connectivity index (χ4v) is 3.13. The summed E-state index contributed by atoms with van der Waals surface area (Å²) in [4.78, 5) is 24.2. The first kappa shape index (κ1) is 21.6. The van der Waals surface area contributed by atoms with Gasteiger partial charge in [0, 0.05) is 36.2 Å². The topological polar surface area (TPSA) is 73.2 Å². The number of aryl methyl sites for hydroxylation is 1. The molecule has 0 aliphatic heterocycles. The summed E-state index contributed by atoms with van der Waals surface area (Å²) in [5.74, 6) is 0.775. The van der Waals surface area contributed by atoms with Crippen LogP contribution in [-0.4, -0.2) is 29.3 Å². The van der Waals surface area contributed by atoms with Crippen molar-refractivity contribution < 1.29 is 9.53 Å². The van der Waals surface area contributed by atoms with E-state index in [1.807, 2.05) is 36.4 Å². The van der Waals surface area contributed by atoms with Gasteiger partial charge >= 0.3 is 0 Å². The van der Waals surface area contributed by atoms with Crippen molar-refractivity contribution >= 4 is 17.5 Å².